The largest absolute Gasteiger partial charge is 0.398 e. The molecule has 1 amide bonds. The van der Waals surface area contributed by atoms with Crippen molar-refractivity contribution in [3.05, 3.63) is 50.6 Å². The van der Waals surface area contributed by atoms with E-state index >= 15 is 0 Å². The number of benzene rings is 1. The summed E-state index contributed by atoms with van der Waals surface area (Å²) in [5.74, 6) is -0.135. The summed E-state index contributed by atoms with van der Waals surface area (Å²) in [6.07, 6.45) is 0.836. The van der Waals surface area contributed by atoms with E-state index in [1.165, 1.54) is 5.56 Å². The first-order valence-corrected chi connectivity index (χ1v) is 7.24. The number of carbonyl (C=O) groups excluding carboxylic acids is 1. The lowest BCUT2D eigenvalue weighted by Crippen LogP contribution is -2.26. The molecule has 0 fully saturated rings. The van der Waals surface area contributed by atoms with Crippen LogP contribution in [0.25, 0.3) is 0 Å². The molecule has 0 unspecified atom stereocenters. The Hall–Kier alpha value is -1.33. The zero-order valence-electron chi connectivity index (χ0n) is 9.65. The van der Waals surface area contributed by atoms with E-state index < -0.39 is 0 Å². The maximum atomic E-state index is 11.9. The summed E-state index contributed by atoms with van der Waals surface area (Å²) in [5, 5.41) is 6.98. The van der Waals surface area contributed by atoms with Gasteiger partial charge in [0.05, 0.1) is 5.56 Å². The lowest BCUT2D eigenvalue weighted by atomic mass is 10.1. The Bertz CT molecular complexity index is 540. The number of nitrogens with one attached hydrogen (secondary N) is 1. The second-order valence-corrected chi connectivity index (χ2v) is 5.56. The average Bonchev–Trinajstić information content (AvgIpc) is 2.85. The summed E-state index contributed by atoms with van der Waals surface area (Å²) in [5.41, 5.74) is 8.02. The third-order valence-corrected chi connectivity index (χ3v) is 3.76. The van der Waals surface area contributed by atoms with Crippen LogP contribution < -0.4 is 11.1 Å². The Morgan fingerprint density at radius 1 is 1.39 bits per heavy atom. The van der Waals surface area contributed by atoms with Gasteiger partial charge in [-0.2, -0.15) is 11.3 Å². The van der Waals surface area contributed by atoms with Crippen LogP contribution in [0.3, 0.4) is 0 Å². The number of nitrogen functional groups attached to an aromatic ring is 1. The van der Waals surface area contributed by atoms with Crippen molar-refractivity contribution in [2.75, 3.05) is 12.3 Å². The number of amides is 1. The molecule has 0 aliphatic rings. The topological polar surface area (TPSA) is 55.1 Å². The number of anilines is 1. The molecule has 2 rings (SSSR count). The zero-order valence-corrected chi connectivity index (χ0v) is 12.1. The standard InChI is InChI=1S/C13H13BrN2OS/c14-10-1-2-12(15)11(7-10)13(17)16-5-3-9-4-6-18-8-9/h1-2,4,6-8H,3,5,15H2,(H,16,17). The van der Waals surface area contributed by atoms with Crippen molar-refractivity contribution < 1.29 is 4.79 Å². The van der Waals surface area contributed by atoms with Crippen LogP contribution in [-0.2, 0) is 6.42 Å². The number of rotatable bonds is 4. The molecule has 0 aliphatic carbocycles. The summed E-state index contributed by atoms with van der Waals surface area (Å²) in [4.78, 5) is 11.9. The summed E-state index contributed by atoms with van der Waals surface area (Å²) in [7, 11) is 0. The van der Waals surface area contributed by atoms with E-state index in [0.717, 1.165) is 10.9 Å². The van der Waals surface area contributed by atoms with Crippen molar-refractivity contribution in [1.29, 1.82) is 0 Å². The van der Waals surface area contributed by atoms with Gasteiger partial charge in [0.1, 0.15) is 0 Å². The SMILES string of the molecule is Nc1ccc(Br)cc1C(=O)NCCc1ccsc1. The van der Waals surface area contributed by atoms with Gasteiger partial charge in [-0.1, -0.05) is 15.9 Å². The highest BCUT2D eigenvalue weighted by atomic mass is 79.9. The Balaban J connectivity index is 1.93. The minimum absolute atomic E-state index is 0.135. The number of carbonyl (C=O) groups is 1. The fraction of sp³-hybridized carbons (Fsp3) is 0.154. The smallest absolute Gasteiger partial charge is 0.253 e. The first kappa shape index (κ1) is 13.1. The normalized spacial score (nSPS) is 10.3. The van der Waals surface area contributed by atoms with E-state index in [9.17, 15) is 4.79 Å². The van der Waals surface area contributed by atoms with Gasteiger partial charge in [0.15, 0.2) is 0 Å². The van der Waals surface area contributed by atoms with Gasteiger partial charge in [0.2, 0.25) is 0 Å². The molecule has 1 aromatic carbocycles. The van der Waals surface area contributed by atoms with E-state index in [4.69, 9.17) is 5.73 Å². The predicted octanol–water partition coefficient (Wildman–Crippen LogP) is 3.07. The zero-order chi connectivity index (χ0) is 13.0. The number of nitrogens with two attached hydrogens (primary N) is 1. The van der Waals surface area contributed by atoms with Gasteiger partial charge in [-0.3, -0.25) is 4.79 Å². The molecule has 0 aliphatic heterocycles. The van der Waals surface area contributed by atoms with Gasteiger partial charge in [0, 0.05) is 16.7 Å². The fourth-order valence-corrected chi connectivity index (χ4v) is 2.64. The highest BCUT2D eigenvalue weighted by molar-refractivity contribution is 9.10. The van der Waals surface area contributed by atoms with E-state index in [1.54, 1.807) is 23.5 Å². The Morgan fingerprint density at radius 2 is 2.22 bits per heavy atom. The first-order valence-electron chi connectivity index (χ1n) is 5.51. The maximum absolute atomic E-state index is 11.9. The van der Waals surface area contributed by atoms with E-state index in [0.29, 0.717) is 17.8 Å². The lowest BCUT2D eigenvalue weighted by Gasteiger charge is -2.07. The monoisotopic (exact) mass is 324 g/mol. The van der Waals surface area contributed by atoms with Crippen LogP contribution in [0, 0.1) is 0 Å². The molecule has 3 nitrogen and oxygen atoms in total. The predicted molar refractivity (Wildman–Crippen MR) is 78.9 cm³/mol. The van der Waals surface area contributed by atoms with Crippen molar-refractivity contribution in [2.24, 2.45) is 0 Å². The third-order valence-electron chi connectivity index (χ3n) is 2.54. The molecule has 0 spiro atoms. The molecule has 1 heterocycles. The maximum Gasteiger partial charge on any atom is 0.253 e. The van der Waals surface area contributed by atoms with Gasteiger partial charge in [-0.15, -0.1) is 0 Å². The molecular formula is C13H13BrN2OS. The van der Waals surface area contributed by atoms with Crippen molar-refractivity contribution in [1.82, 2.24) is 5.32 Å². The molecule has 18 heavy (non-hydrogen) atoms. The molecule has 0 radical (unpaired) electrons. The van der Waals surface area contributed by atoms with Crippen molar-refractivity contribution in [3.8, 4) is 0 Å². The van der Waals surface area contributed by atoms with Crippen LogP contribution in [0.4, 0.5) is 5.69 Å². The number of thiophene rings is 1. The van der Waals surface area contributed by atoms with E-state index in [1.807, 2.05) is 11.4 Å². The van der Waals surface area contributed by atoms with E-state index in [2.05, 4.69) is 32.7 Å². The quantitative estimate of drug-likeness (QED) is 0.849. The van der Waals surface area contributed by atoms with Gasteiger partial charge in [-0.25, -0.2) is 0 Å². The molecule has 0 saturated carbocycles. The molecule has 0 saturated heterocycles. The van der Waals surface area contributed by atoms with Gasteiger partial charge < -0.3 is 11.1 Å². The summed E-state index contributed by atoms with van der Waals surface area (Å²) in [6, 6.07) is 7.33. The fourth-order valence-electron chi connectivity index (χ4n) is 1.58. The average molecular weight is 325 g/mol. The van der Waals surface area contributed by atoms with Crippen LogP contribution in [-0.4, -0.2) is 12.5 Å². The van der Waals surface area contributed by atoms with Crippen LogP contribution >= 0.6 is 27.3 Å². The van der Waals surface area contributed by atoms with Crippen LogP contribution in [0.5, 0.6) is 0 Å². The second kappa shape index (κ2) is 6.02. The summed E-state index contributed by atoms with van der Waals surface area (Å²) in [6.45, 7) is 0.613. The van der Waals surface area contributed by atoms with Crippen LogP contribution in [0.2, 0.25) is 0 Å². The highest BCUT2D eigenvalue weighted by Gasteiger charge is 2.09. The first-order chi connectivity index (χ1) is 8.66. The van der Waals surface area contributed by atoms with Crippen LogP contribution in [0.15, 0.2) is 39.5 Å². The molecular weight excluding hydrogens is 312 g/mol. The van der Waals surface area contributed by atoms with Gasteiger partial charge >= 0.3 is 0 Å². The lowest BCUT2D eigenvalue weighted by molar-refractivity contribution is 0.0955. The summed E-state index contributed by atoms with van der Waals surface area (Å²) < 4.78 is 0.847. The number of hydrogen-bond donors (Lipinski definition) is 2. The van der Waals surface area contributed by atoms with Crippen LogP contribution in [0.1, 0.15) is 15.9 Å². The third kappa shape index (κ3) is 3.34. The molecule has 94 valence electrons. The molecule has 2 aromatic rings. The molecule has 5 heteroatoms. The molecule has 3 N–H and O–H groups in total. The number of hydrogen-bond acceptors (Lipinski definition) is 3. The minimum Gasteiger partial charge on any atom is -0.398 e. The highest BCUT2D eigenvalue weighted by Crippen LogP contribution is 2.18. The van der Waals surface area contributed by atoms with Gasteiger partial charge in [-0.05, 0) is 47.0 Å². The molecule has 0 bridgehead atoms. The van der Waals surface area contributed by atoms with Crippen molar-refractivity contribution in [2.45, 2.75) is 6.42 Å². The van der Waals surface area contributed by atoms with E-state index in [-0.39, 0.29) is 5.91 Å². The molecule has 1 aromatic heterocycles. The Kier molecular flexibility index (Phi) is 4.38. The summed E-state index contributed by atoms with van der Waals surface area (Å²) >= 11 is 4.99. The van der Waals surface area contributed by atoms with Gasteiger partial charge in [0.25, 0.3) is 5.91 Å². The number of halogens is 1. The Morgan fingerprint density at radius 3 is 2.94 bits per heavy atom. The Labute approximate surface area is 118 Å². The second-order valence-electron chi connectivity index (χ2n) is 3.87. The van der Waals surface area contributed by atoms with Crippen molar-refractivity contribution in [3.63, 3.8) is 0 Å². The minimum atomic E-state index is -0.135. The van der Waals surface area contributed by atoms with Crippen molar-refractivity contribution >= 4 is 38.9 Å². The molecule has 0 atom stereocenters.